The monoisotopic (exact) mass is 158 g/mol. The normalized spacial score (nSPS) is 31.9. The van der Waals surface area contributed by atoms with E-state index in [1.807, 2.05) is 0 Å². The summed E-state index contributed by atoms with van der Waals surface area (Å²) in [6.07, 6.45) is -0.250. The van der Waals surface area contributed by atoms with Crippen molar-refractivity contribution in [2.75, 3.05) is 0 Å². The van der Waals surface area contributed by atoms with Crippen molar-refractivity contribution in [3.63, 3.8) is 0 Å². The lowest BCUT2D eigenvalue weighted by atomic mass is 9.87. The molecule has 0 aromatic heterocycles. The van der Waals surface area contributed by atoms with E-state index in [1.54, 1.807) is 0 Å². The molecule has 0 saturated heterocycles. The maximum atomic E-state index is 10.8. The van der Waals surface area contributed by atoms with Gasteiger partial charge in [0.1, 0.15) is 6.10 Å². The number of hydrogen-bond acceptors (Lipinski definition) is 3. The number of ketones is 1. The van der Waals surface area contributed by atoms with E-state index in [9.17, 15) is 9.59 Å². The maximum Gasteiger partial charge on any atom is 0.306 e. The highest BCUT2D eigenvalue weighted by Crippen LogP contribution is 2.21. The second-order valence-electron chi connectivity index (χ2n) is 2.80. The number of aliphatic hydroxyl groups excluding tert-OH is 1. The van der Waals surface area contributed by atoms with Crippen LogP contribution in [-0.2, 0) is 9.59 Å². The summed E-state index contributed by atoms with van der Waals surface area (Å²) in [6.45, 7) is 0. The van der Waals surface area contributed by atoms with E-state index in [-0.39, 0.29) is 18.6 Å². The highest BCUT2D eigenvalue weighted by Gasteiger charge is 2.30. The molecule has 4 heteroatoms. The van der Waals surface area contributed by atoms with Crippen LogP contribution >= 0.6 is 0 Å². The Morgan fingerprint density at radius 2 is 2.09 bits per heavy atom. The highest BCUT2D eigenvalue weighted by molar-refractivity contribution is 5.88. The second kappa shape index (κ2) is 3.00. The van der Waals surface area contributed by atoms with E-state index in [2.05, 4.69) is 0 Å². The van der Waals surface area contributed by atoms with E-state index >= 15 is 0 Å². The molecule has 1 saturated carbocycles. The lowest BCUT2D eigenvalue weighted by Gasteiger charge is -2.20. The van der Waals surface area contributed by atoms with Crippen molar-refractivity contribution >= 4 is 11.8 Å². The minimum atomic E-state index is -0.940. The van der Waals surface area contributed by atoms with Gasteiger partial charge in [-0.15, -0.1) is 0 Å². The summed E-state index contributed by atoms with van der Waals surface area (Å²) in [5, 5.41) is 17.4. The first-order valence-corrected chi connectivity index (χ1v) is 3.55. The molecular formula is C7H10O4. The van der Waals surface area contributed by atoms with Crippen molar-refractivity contribution < 1.29 is 19.8 Å². The van der Waals surface area contributed by atoms with Gasteiger partial charge in [-0.1, -0.05) is 0 Å². The van der Waals surface area contributed by atoms with Gasteiger partial charge in [-0.2, -0.15) is 0 Å². The Bertz CT molecular complexity index is 187. The Labute approximate surface area is 63.8 Å². The lowest BCUT2D eigenvalue weighted by molar-refractivity contribution is -0.147. The third-order valence-electron chi connectivity index (χ3n) is 1.96. The molecule has 0 amide bonds. The van der Waals surface area contributed by atoms with Crippen molar-refractivity contribution in [1.29, 1.82) is 0 Å². The molecule has 0 bridgehead atoms. The maximum absolute atomic E-state index is 10.8. The third kappa shape index (κ3) is 1.77. The first kappa shape index (κ1) is 8.20. The Kier molecular flexibility index (Phi) is 2.24. The largest absolute Gasteiger partial charge is 0.481 e. The molecule has 1 aliphatic carbocycles. The zero-order valence-corrected chi connectivity index (χ0v) is 5.99. The average Bonchev–Trinajstić information content (AvgIpc) is 1.94. The fourth-order valence-electron chi connectivity index (χ4n) is 1.21. The molecule has 1 aliphatic rings. The predicted molar refractivity (Wildman–Crippen MR) is 36.0 cm³/mol. The number of aliphatic hydroxyl groups is 1. The molecule has 11 heavy (non-hydrogen) atoms. The van der Waals surface area contributed by atoms with Gasteiger partial charge in [0.25, 0.3) is 0 Å². The first-order valence-electron chi connectivity index (χ1n) is 3.55. The fourth-order valence-corrected chi connectivity index (χ4v) is 1.21. The van der Waals surface area contributed by atoms with Gasteiger partial charge in [0.15, 0.2) is 5.78 Å². The minimum Gasteiger partial charge on any atom is -0.481 e. The SMILES string of the molecule is O=C1CC(C(=O)O)CCC1O. The number of carbonyl (C=O) groups excluding carboxylic acids is 1. The number of Topliss-reactive ketones (excluding diaryl/α,β-unsaturated/α-hetero) is 1. The number of aliphatic carboxylic acids is 1. The fraction of sp³-hybridized carbons (Fsp3) is 0.714. The summed E-state index contributed by atoms with van der Waals surface area (Å²) in [6, 6.07) is 0. The number of hydrogen-bond donors (Lipinski definition) is 2. The van der Waals surface area contributed by atoms with Crippen molar-refractivity contribution in [3.8, 4) is 0 Å². The molecule has 0 spiro atoms. The molecule has 2 unspecified atom stereocenters. The van der Waals surface area contributed by atoms with E-state index in [0.717, 1.165) is 0 Å². The van der Waals surface area contributed by atoms with Gasteiger partial charge >= 0.3 is 5.97 Å². The zero-order chi connectivity index (χ0) is 8.43. The minimum absolute atomic E-state index is 0.0174. The summed E-state index contributed by atoms with van der Waals surface area (Å²) in [4.78, 5) is 21.2. The number of carboxylic acid groups (broad SMARTS) is 1. The average molecular weight is 158 g/mol. The summed E-state index contributed by atoms with van der Waals surface area (Å²) in [5.41, 5.74) is 0. The van der Waals surface area contributed by atoms with Gasteiger partial charge in [0, 0.05) is 6.42 Å². The molecule has 1 rings (SSSR count). The topological polar surface area (TPSA) is 74.6 Å². The standard InChI is InChI=1S/C7H10O4/c8-5-2-1-4(7(10)11)3-6(5)9/h4-5,8H,1-3H2,(H,10,11). The van der Waals surface area contributed by atoms with Crippen LogP contribution in [0.2, 0.25) is 0 Å². The van der Waals surface area contributed by atoms with Crippen LogP contribution in [0.15, 0.2) is 0 Å². The molecule has 0 aromatic carbocycles. The predicted octanol–water partition coefficient (Wildman–Crippen LogP) is -0.199. The lowest BCUT2D eigenvalue weighted by Crippen LogP contribution is -2.32. The Hall–Kier alpha value is -0.900. The van der Waals surface area contributed by atoms with Crippen molar-refractivity contribution in [2.45, 2.75) is 25.4 Å². The molecule has 0 heterocycles. The van der Waals surface area contributed by atoms with Crippen LogP contribution in [-0.4, -0.2) is 28.1 Å². The van der Waals surface area contributed by atoms with Gasteiger partial charge < -0.3 is 10.2 Å². The summed E-state index contributed by atoms with van der Waals surface area (Å²) >= 11 is 0. The molecule has 0 aromatic rings. The van der Waals surface area contributed by atoms with Gasteiger partial charge in [-0.3, -0.25) is 9.59 Å². The summed E-state index contributed by atoms with van der Waals surface area (Å²) in [5.74, 6) is -1.86. The molecule has 0 aliphatic heterocycles. The van der Waals surface area contributed by atoms with Gasteiger partial charge in [-0.25, -0.2) is 0 Å². The highest BCUT2D eigenvalue weighted by atomic mass is 16.4. The molecule has 62 valence electrons. The molecular weight excluding hydrogens is 148 g/mol. The molecule has 2 N–H and O–H groups in total. The van der Waals surface area contributed by atoms with Crippen molar-refractivity contribution in [1.82, 2.24) is 0 Å². The zero-order valence-electron chi connectivity index (χ0n) is 5.99. The smallest absolute Gasteiger partial charge is 0.306 e. The first-order chi connectivity index (χ1) is 5.11. The Morgan fingerprint density at radius 3 is 2.55 bits per heavy atom. The van der Waals surface area contributed by atoms with Crippen LogP contribution in [0.5, 0.6) is 0 Å². The summed E-state index contributed by atoms with van der Waals surface area (Å²) < 4.78 is 0. The van der Waals surface area contributed by atoms with Crippen LogP contribution < -0.4 is 0 Å². The number of carboxylic acids is 1. The van der Waals surface area contributed by atoms with E-state index < -0.39 is 18.0 Å². The summed E-state index contributed by atoms with van der Waals surface area (Å²) in [7, 11) is 0. The van der Waals surface area contributed by atoms with Gasteiger partial charge in [-0.05, 0) is 12.8 Å². The molecule has 1 fully saturated rings. The van der Waals surface area contributed by atoms with Crippen LogP contribution in [0.1, 0.15) is 19.3 Å². The Balaban J connectivity index is 2.53. The van der Waals surface area contributed by atoms with Crippen LogP contribution in [0.4, 0.5) is 0 Å². The molecule has 0 radical (unpaired) electrons. The third-order valence-corrected chi connectivity index (χ3v) is 1.96. The van der Waals surface area contributed by atoms with Gasteiger partial charge in [0.2, 0.25) is 0 Å². The van der Waals surface area contributed by atoms with Crippen LogP contribution in [0.25, 0.3) is 0 Å². The quantitative estimate of drug-likeness (QED) is 0.554. The van der Waals surface area contributed by atoms with Crippen molar-refractivity contribution in [2.24, 2.45) is 5.92 Å². The molecule has 4 nitrogen and oxygen atoms in total. The van der Waals surface area contributed by atoms with Crippen molar-refractivity contribution in [3.05, 3.63) is 0 Å². The molecule has 2 atom stereocenters. The second-order valence-corrected chi connectivity index (χ2v) is 2.80. The Morgan fingerprint density at radius 1 is 1.45 bits per heavy atom. The van der Waals surface area contributed by atoms with Crippen LogP contribution in [0.3, 0.4) is 0 Å². The van der Waals surface area contributed by atoms with E-state index in [0.29, 0.717) is 6.42 Å². The van der Waals surface area contributed by atoms with E-state index in [1.165, 1.54) is 0 Å². The van der Waals surface area contributed by atoms with E-state index in [4.69, 9.17) is 10.2 Å². The van der Waals surface area contributed by atoms with Crippen LogP contribution in [0, 0.1) is 5.92 Å². The number of carbonyl (C=O) groups is 2. The van der Waals surface area contributed by atoms with Gasteiger partial charge in [0.05, 0.1) is 5.92 Å². The number of rotatable bonds is 1.